The summed E-state index contributed by atoms with van der Waals surface area (Å²) in [7, 11) is 1.56. The van der Waals surface area contributed by atoms with Gasteiger partial charge in [-0.05, 0) is 12.1 Å². The highest BCUT2D eigenvalue weighted by molar-refractivity contribution is 5.87. The number of nitrogen functional groups attached to an aromatic ring is 1. The van der Waals surface area contributed by atoms with Crippen molar-refractivity contribution in [1.82, 2.24) is 5.16 Å². The fraction of sp³-hybridized carbons (Fsp3) is 0.222. The second-order valence-corrected chi connectivity index (χ2v) is 2.78. The van der Waals surface area contributed by atoms with Crippen LogP contribution in [0.25, 0.3) is 11.0 Å². The van der Waals surface area contributed by atoms with Crippen molar-refractivity contribution in [2.75, 3.05) is 19.6 Å². The summed E-state index contributed by atoms with van der Waals surface area (Å²) in [6, 6.07) is 5.30. The van der Waals surface area contributed by atoms with Gasteiger partial charge in [-0.2, -0.15) is 0 Å². The Kier molecular flexibility index (Phi) is 2.24. The van der Waals surface area contributed by atoms with Gasteiger partial charge in [-0.25, -0.2) is 0 Å². The topological polar surface area (TPSA) is 70.5 Å². The number of benzene rings is 1. The molecule has 74 valence electrons. The van der Waals surface area contributed by atoms with E-state index in [1.807, 2.05) is 0 Å². The van der Waals surface area contributed by atoms with Crippen LogP contribution in [0.1, 0.15) is 0 Å². The number of ether oxygens (including phenoxy) is 2. The minimum absolute atomic E-state index is 0.203. The quantitative estimate of drug-likeness (QED) is 0.747. The summed E-state index contributed by atoms with van der Waals surface area (Å²) in [5.41, 5.74) is 6.16. The van der Waals surface area contributed by atoms with Crippen LogP contribution in [0.5, 0.6) is 5.75 Å². The van der Waals surface area contributed by atoms with E-state index in [9.17, 15) is 0 Å². The Hall–Kier alpha value is -1.75. The number of methoxy groups -OCH3 is 1. The summed E-state index contributed by atoms with van der Waals surface area (Å²) in [5, 5.41) is 4.42. The third-order valence-electron chi connectivity index (χ3n) is 1.81. The third kappa shape index (κ3) is 1.49. The summed E-state index contributed by atoms with van der Waals surface area (Å²) < 4.78 is 15.0. The average molecular weight is 194 g/mol. The Morgan fingerprint density at radius 3 is 3.14 bits per heavy atom. The van der Waals surface area contributed by atoms with Crippen molar-refractivity contribution in [2.24, 2.45) is 0 Å². The van der Waals surface area contributed by atoms with Gasteiger partial charge in [-0.15, -0.1) is 0 Å². The van der Waals surface area contributed by atoms with E-state index in [2.05, 4.69) is 5.16 Å². The standard InChI is InChI=1S/C9H10N2O3/c1-12-5-13-6-2-3-7-8(4-6)14-11-9(7)10/h2-4H,5H2,1H3,(H2,10,11). The number of anilines is 1. The number of nitrogens with zero attached hydrogens (tertiary/aromatic N) is 1. The minimum Gasteiger partial charge on any atom is -0.467 e. The van der Waals surface area contributed by atoms with Gasteiger partial charge in [0.2, 0.25) is 0 Å². The van der Waals surface area contributed by atoms with Crippen LogP contribution >= 0.6 is 0 Å². The molecular weight excluding hydrogens is 184 g/mol. The second-order valence-electron chi connectivity index (χ2n) is 2.78. The summed E-state index contributed by atoms with van der Waals surface area (Å²) in [6.07, 6.45) is 0. The molecule has 0 aliphatic rings. The van der Waals surface area contributed by atoms with Crippen molar-refractivity contribution in [2.45, 2.75) is 0 Å². The zero-order chi connectivity index (χ0) is 9.97. The molecule has 1 heterocycles. The normalized spacial score (nSPS) is 10.6. The molecule has 2 aromatic rings. The number of rotatable bonds is 3. The van der Waals surface area contributed by atoms with Gasteiger partial charge >= 0.3 is 0 Å². The number of hydrogen-bond donors (Lipinski definition) is 1. The first-order chi connectivity index (χ1) is 6.81. The van der Waals surface area contributed by atoms with E-state index < -0.39 is 0 Å². The Morgan fingerprint density at radius 1 is 1.50 bits per heavy atom. The van der Waals surface area contributed by atoms with Gasteiger partial charge in [-0.1, -0.05) is 5.16 Å². The Bertz CT molecular complexity index is 439. The van der Waals surface area contributed by atoms with Crippen LogP contribution in [-0.4, -0.2) is 19.1 Å². The number of aromatic nitrogens is 1. The number of nitrogens with two attached hydrogens (primary N) is 1. The molecule has 0 saturated heterocycles. The van der Waals surface area contributed by atoms with Gasteiger partial charge in [0.1, 0.15) is 5.75 Å². The van der Waals surface area contributed by atoms with Crippen LogP contribution in [0.3, 0.4) is 0 Å². The first-order valence-corrected chi connectivity index (χ1v) is 4.08. The lowest BCUT2D eigenvalue weighted by atomic mass is 10.2. The van der Waals surface area contributed by atoms with Crippen LogP contribution in [0.2, 0.25) is 0 Å². The van der Waals surface area contributed by atoms with Gasteiger partial charge in [0.15, 0.2) is 18.2 Å². The van der Waals surface area contributed by atoms with Crippen molar-refractivity contribution < 1.29 is 14.0 Å². The van der Waals surface area contributed by atoms with Crippen molar-refractivity contribution in [3.8, 4) is 5.75 Å². The molecule has 1 aromatic carbocycles. The first kappa shape index (κ1) is 8.83. The molecule has 14 heavy (non-hydrogen) atoms. The minimum atomic E-state index is 0.203. The predicted octanol–water partition coefficient (Wildman–Crippen LogP) is 1.39. The lowest BCUT2D eigenvalue weighted by Gasteiger charge is -2.02. The molecule has 2 N–H and O–H groups in total. The zero-order valence-electron chi connectivity index (χ0n) is 7.69. The van der Waals surface area contributed by atoms with Crippen LogP contribution < -0.4 is 10.5 Å². The van der Waals surface area contributed by atoms with Crippen molar-refractivity contribution >= 4 is 16.8 Å². The molecule has 0 unspecified atom stereocenters. The lowest BCUT2D eigenvalue weighted by Crippen LogP contribution is -1.98. The van der Waals surface area contributed by atoms with Crippen LogP contribution in [0, 0.1) is 0 Å². The van der Waals surface area contributed by atoms with E-state index in [1.54, 1.807) is 25.3 Å². The molecular formula is C9H10N2O3. The van der Waals surface area contributed by atoms with E-state index in [1.165, 1.54) is 0 Å². The zero-order valence-corrected chi connectivity index (χ0v) is 7.69. The van der Waals surface area contributed by atoms with Crippen LogP contribution in [-0.2, 0) is 4.74 Å². The van der Waals surface area contributed by atoms with Gasteiger partial charge in [0.25, 0.3) is 0 Å². The highest BCUT2D eigenvalue weighted by Gasteiger charge is 2.05. The largest absolute Gasteiger partial charge is 0.467 e. The van der Waals surface area contributed by atoms with Gasteiger partial charge < -0.3 is 19.7 Å². The van der Waals surface area contributed by atoms with E-state index >= 15 is 0 Å². The molecule has 0 bridgehead atoms. The van der Waals surface area contributed by atoms with Crippen LogP contribution in [0.4, 0.5) is 5.82 Å². The summed E-state index contributed by atoms with van der Waals surface area (Å²) >= 11 is 0. The molecule has 5 nitrogen and oxygen atoms in total. The maximum Gasteiger partial charge on any atom is 0.188 e. The third-order valence-corrected chi connectivity index (χ3v) is 1.81. The molecule has 0 aliphatic heterocycles. The fourth-order valence-corrected chi connectivity index (χ4v) is 1.15. The van der Waals surface area contributed by atoms with Crippen molar-refractivity contribution in [1.29, 1.82) is 0 Å². The van der Waals surface area contributed by atoms with E-state index in [4.69, 9.17) is 19.7 Å². The number of hydrogen-bond acceptors (Lipinski definition) is 5. The van der Waals surface area contributed by atoms with Gasteiger partial charge in [-0.3, -0.25) is 0 Å². The molecule has 0 fully saturated rings. The van der Waals surface area contributed by atoms with Crippen molar-refractivity contribution in [3.63, 3.8) is 0 Å². The Balaban J connectivity index is 2.32. The Labute approximate surface area is 80.4 Å². The first-order valence-electron chi connectivity index (χ1n) is 4.08. The van der Waals surface area contributed by atoms with E-state index in [-0.39, 0.29) is 6.79 Å². The highest BCUT2D eigenvalue weighted by Crippen LogP contribution is 2.24. The molecule has 0 saturated carbocycles. The Morgan fingerprint density at radius 2 is 2.36 bits per heavy atom. The van der Waals surface area contributed by atoms with Crippen LogP contribution in [0.15, 0.2) is 22.7 Å². The molecule has 2 rings (SSSR count). The second kappa shape index (κ2) is 3.55. The highest BCUT2D eigenvalue weighted by atomic mass is 16.7. The van der Waals surface area contributed by atoms with Gasteiger partial charge in [0.05, 0.1) is 5.39 Å². The monoisotopic (exact) mass is 194 g/mol. The SMILES string of the molecule is COCOc1ccc2c(N)noc2c1. The molecule has 5 heteroatoms. The molecule has 0 amide bonds. The maximum atomic E-state index is 5.56. The molecule has 0 radical (unpaired) electrons. The molecule has 0 atom stereocenters. The number of fused-ring (bicyclic) bond motifs is 1. The maximum absolute atomic E-state index is 5.56. The smallest absolute Gasteiger partial charge is 0.188 e. The fourth-order valence-electron chi connectivity index (χ4n) is 1.15. The van der Waals surface area contributed by atoms with E-state index in [0.29, 0.717) is 17.2 Å². The average Bonchev–Trinajstić information content (AvgIpc) is 2.57. The molecule has 0 spiro atoms. The summed E-state index contributed by atoms with van der Waals surface area (Å²) in [5.74, 6) is 1.05. The van der Waals surface area contributed by atoms with E-state index in [0.717, 1.165) is 5.39 Å². The summed E-state index contributed by atoms with van der Waals surface area (Å²) in [4.78, 5) is 0. The van der Waals surface area contributed by atoms with Crippen molar-refractivity contribution in [3.05, 3.63) is 18.2 Å². The lowest BCUT2D eigenvalue weighted by molar-refractivity contribution is 0.0512. The summed E-state index contributed by atoms with van der Waals surface area (Å²) in [6.45, 7) is 0.203. The van der Waals surface area contributed by atoms with Gasteiger partial charge in [0, 0.05) is 13.2 Å². The predicted molar refractivity (Wildman–Crippen MR) is 50.9 cm³/mol. The molecule has 0 aliphatic carbocycles. The molecule has 1 aromatic heterocycles.